The Labute approximate surface area is 178 Å². The Bertz CT molecular complexity index is 1240. The zero-order valence-electron chi connectivity index (χ0n) is 15.5. The second kappa shape index (κ2) is 7.92. The lowest BCUT2D eigenvalue weighted by Gasteiger charge is -2.25. The number of benzene rings is 1. The van der Waals surface area contributed by atoms with Gasteiger partial charge in [0.15, 0.2) is 0 Å². The minimum atomic E-state index is -0.888. The molecule has 0 bridgehead atoms. The van der Waals surface area contributed by atoms with Crippen molar-refractivity contribution in [3.05, 3.63) is 81.0 Å². The molecular formula is C20H12ClN3O7. The van der Waals surface area contributed by atoms with Crippen LogP contribution in [0.5, 0.6) is 0 Å². The van der Waals surface area contributed by atoms with Crippen molar-refractivity contribution >= 4 is 41.2 Å². The summed E-state index contributed by atoms with van der Waals surface area (Å²) in [5, 5.41) is 13.6. The highest BCUT2D eigenvalue weighted by Crippen LogP contribution is 2.34. The van der Waals surface area contributed by atoms with Crippen LogP contribution in [0.15, 0.2) is 63.1 Å². The van der Waals surface area contributed by atoms with E-state index in [0.29, 0.717) is 5.76 Å². The number of carbonyl (C=O) groups excluding carboxylic acids is 3. The fourth-order valence-electron chi connectivity index (χ4n) is 2.98. The van der Waals surface area contributed by atoms with E-state index in [0.717, 1.165) is 11.0 Å². The number of nitrogens with zero attached hydrogens (tertiary/aromatic N) is 2. The summed E-state index contributed by atoms with van der Waals surface area (Å²) < 4.78 is 10.7. The highest BCUT2D eigenvalue weighted by atomic mass is 35.5. The number of rotatable bonds is 5. The molecule has 156 valence electrons. The van der Waals surface area contributed by atoms with E-state index < -0.39 is 22.8 Å². The molecule has 0 radical (unpaired) electrons. The smallest absolute Gasteiger partial charge is 0.331 e. The molecule has 0 unspecified atom stereocenters. The molecule has 11 heteroatoms. The lowest BCUT2D eigenvalue weighted by molar-refractivity contribution is -0.384. The first-order valence-corrected chi connectivity index (χ1v) is 9.16. The lowest BCUT2D eigenvalue weighted by atomic mass is 10.1. The molecule has 0 aliphatic carbocycles. The van der Waals surface area contributed by atoms with Gasteiger partial charge in [-0.2, -0.15) is 0 Å². The highest BCUT2D eigenvalue weighted by molar-refractivity contribution is 6.31. The second-order valence-corrected chi connectivity index (χ2v) is 6.84. The van der Waals surface area contributed by atoms with Gasteiger partial charge in [-0.25, -0.2) is 4.79 Å². The van der Waals surface area contributed by atoms with E-state index in [-0.39, 0.29) is 39.9 Å². The number of amides is 4. The van der Waals surface area contributed by atoms with E-state index in [1.54, 1.807) is 12.1 Å². The summed E-state index contributed by atoms with van der Waals surface area (Å²) in [7, 11) is 0. The van der Waals surface area contributed by atoms with Crippen LogP contribution in [0.25, 0.3) is 17.4 Å². The average molecular weight is 442 g/mol. The number of halogens is 1. The van der Waals surface area contributed by atoms with E-state index in [9.17, 15) is 24.5 Å². The number of furan rings is 2. The number of nitro benzene ring substituents is 1. The van der Waals surface area contributed by atoms with Gasteiger partial charge in [-0.05, 0) is 42.5 Å². The molecule has 0 saturated carbocycles. The summed E-state index contributed by atoms with van der Waals surface area (Å²) in [5.74, 6) is -1.14. The Morgan fingerprint density at radius 1 is 1.16 bits per heavy atom. The van der Waals surface area contributed by atoms with Crippen molar-refractivity contribution in [2.24, 2.45) is 0 Å². The molecule has 0 atom stereocenters. The number of barbiturate groups is 1. The van der Waals surface area contributed by atoms with Crippen molar-refractivity contribution in [2.75, 3.05) is 0 Å². The minimum Gasteiger partial charge on any atom is -0.467 e. The summed E-state index contributed by atoms with van der Waals surface area (Å²) >= 11 is 5.83. The van der Waals surface area contributed by atoms with Crippen LogP contribution in [0.4, 0.5) is 10.5 Å². The van der Waals surface area contributed by atoms with Gasteiger partial charge in [-0.1, -0.05) is 11.6 Å². The maximum Gasteiger partial charge on any atom is 0.331 e. The zero-order chi connectivity index (χ0) is 22.1. The van der Waals surface area contributed by atoms with Gasteiger partial charge in [0.1, 0.15) is 22.9 Å². The number of imide groups is 2. The third-order valence-electron chi connectivity index (χ3n) is 4.42. The first-order chi connectivity index (χ1) is 14.8. The topological polar surface area (TPSA) is 136 Å². The van der Waals surface area contributed by atoms with Crippen molar-refractivity contribution in [3.8, 4) is 11.3 Å². The van der Waals surface area contributed by atoms with Gasteiger partial charge < -0.3 is 8.83 Å². The van der Waals surface area contributed by atoms with Gasteiger partial charge in [-0.15, -0.1) is 0 Å². The summed E-state index contributed by atoms with van der Waals surface area (Å²) in [4.78, 5) is 48.5. The number of nitro groups is 1. The standard InChI is InChI=1S/C20H12ClN3O7/c21-11-3-5-14(16(8-11)24(28)29)17-6-4-12(31-17)9-15-18(25)22-20(27)23(19(15)26)10-13-2-1-7-30-13/h1-9H,10H2,(H,22,25,27)/b15-9+. The van der Waals surface area contributed by atoms with Crippen molar-refractivity contribution in [1.82, 2.24) is 10.2 Å². The highest BCUT2D eigenvalue weighted by Gasteiger charge is 2.36. The summed E-state index contributed by atoms with van der Waals surface area (Å²) in [6.07, 6.45) is 2.55. The molecule has 2 aromatic heterocycles. The van der Waals surface area contributed by atoms with Crippen LogP contribution in [0.3, 0.4) is 0 Å². The number of urea groups is 1. The second-order valence-electron chi connectivity index (χ2n) is 6.41. The molecule has 1 saturated heterocycles. The maximum atomic E-state index is 12.7. The zero-order valence-corrected chi connectivity index (χ0v) is 16.3. The average Bonchev–Trinajstić information content (AvgIpc) is 3.40. The maximum absolute atomic E-state index is 12.7. The molecule has 10 nitrogen and oxygen atoms in total. The fourth-order valence-corrected chi connectivity index (χ4v) is 3.14. The van der Waals surface area contributed by atoms with Crippen LogP contribution in [0.2, 0.25) is 5.02 Å². The van der Waals surface area contributed by atoms with Crippen molar-refractivity contribution in [1.29, 1.82) is 0 Å². The van der Waals surface area contributed by atoms with Crippen LogP contribution >= 0.6 is 11.6 Å². The SMILES string of the molecule is O=C1NC(=O)N(Cc2ccco2)C(=O)/C1=C/c1ccc(-c2ccc(Cl)cc2[N+](=O)[O-])o1. The lowest BCUT2D eigenvalue weighted by Crippen LogP contribution is -2.53. The largest absolute Gasteiger partial charge is 0.467 e. The molecule has 1 aliphatic rings. The Hall–Kier alpha value is -4.18. The molecule has 0 spiro atoms. The van der Waals surface area contributed by atoms with Crippen LogP contribution < -0.4 is 5.32 Å². The Balaban J connectivity index is 1.65. The molecule has 1 N–H and O–H groups in total. The Kier molecular flexibility index (Phi) is 5.14. The van der Waals surface area contributed by atoms with Gasteiger partial charge >= 0.3 is 6.03 Å². The number of carbonyl (C=O) groups is 3. The molecular weight excluding hydrogens is 430 g/mol. The minimum absolute atomic E-state index is 0.0880. The predicted octanol–water partition coefficient (Wildman–Crippen LogP) is 3.76. The first-order valence-electron chi connectivity index (χ1n) is 8.79. The third kappa shape index (κ3) is 3.96. The summed E-state index contributed by atoms with van der Waals surface area (Å²) in [6, 6.07) is 9.30. The monoisotopic (exact) mass is 441 g/mol. The van der Waals surface area contributed by atoms with E-state index in [4.69, 9.17) is 20.4 Å². The summed E-state index contributed by atoms with van der Waals surface area (Å²) in [5.41, 5.74) is -0.423. The quantitative estimate of drug-likeness (QED) is 0.275. The van der Waals surface area contributed by atoms with Gasteiger partial charge in [0, 0.05) is 11.1 Å². The van der Waals surface area contributed by atoms with Gasteiger partial charge in [0.05, 0.1) is 23.3 Å². The van der Waals surface area contributed by atoms with E-state index in [2.05, 4.69) is 5.32 Å². The first kappa shape index (κ1) is 20.1. The van der Waals surface area contributed by atoms with Crippen LogP contribution in [0, 0.1) is 10.1 Å². The molecule has 3 heterocycles. The number of hydrogen-bond acceptors (Lipinski definition) is 7. The molecule has 1 fully saturated rings. The van der Waals surface area contributed by atoms with Crippen molar-refractivity contribution in [3.63, 3.8) is 0 Å². The van der Waals surface area contributed by atoms with Gasteiger partial charge in [0.2, 0.25) is 0 Å². The Morgan fingerprint density at radius 2 is 1.97 bits per heavy atom. The van der Waals surface area contributed by atoms with Crippen molar-refractivity contribution < 1.29 is 28.1 Å². The van der Waals surface area contributed by atoms with Gasteiger partial charge in [-0.3, -0.25) is 29.9 Å². The third-order valence-corrected chi connectivity index (χ3v) is 4.65. The fraction of sp³-hybridized carbons (Fsp3) is 0.0500. The Morgan fingerprint density at radius 3 is 2.68 bits per heavy atom. The molecule has 4 amide bonds. The molecule has 31 heavy (non-hydrogen) atoms. The predicted molar refractivity (Wildman–Crippen MR) is 107 cm³/mol. The van der Waals surface area contributed by atoms with Crippen molar-refractivity contribution in [2.45, 2.75) is 6.54 Å². The molecule has 4 rings (SSSR count). The van der Waals surface area contributed by atoms with E-state index >= 15 is 0 Å². The van der Waals surface area contributed by atoms with Crippen LogP contribution in [-0.2, 0) is 16.1 Å². The normalized spacial score (nSPS) is 15.5. The van der Waals surface area contributed by atoms with E-state index in [1.165, 1.54) is 36.6 Å². The van der Waals surface area contributed by atoms with Crippen LogP contribution in [-0.4, -0.2) is 27.7 Å². The summed E-state index contributed by atoms with van der Waals surface area (Å²) in [6.45, 7) is -0.164. The van der Waals surface area contributed by atoms with Crippen LogP contribution in [0.1, 0.15) is 11.5 Å². The van der Waals surface area contributed by atoms with Gasteiger partial charge in [0.25, 0.3) is 17.5 Å². The molecule has 1 aromatic carbocycles. The number of hydrogen-bond donors (Lipinski definition) is 1. The molecule has 3 aromatic rings. The van der Waals surface area contributed by atoms with E-state index in [1.807, 2.05) is 0 Å². The molecule has 1 aliphatic heterocycles. The number of nitrogens with one attached hydrogen (secondary N) is 1.